The highest BCUT2D eigenvalue weighted by molar-refractivity contribution is 7.99. The number of rotatable bonds is 8. The van der Waals surface area contributed by atoms with E-state index in [0.717, 1.165) is 18.2 Å². The molecule has 0 bridgehead atoms. The van der Waals surface area contributed by atoms with Crippen LogP contribution in [-0.4, -0.2) is 38.4 Å². The molecule has 2 heterocycles. The Morgan fingerprint density at radius 1 is 1.43 bits per heavy atom. The molecule has 10 nitrogen and oxygen atoms in total. The van der Waals surface area contributed by atoms with E-state index in [-0.39, 0.29) is 22.9 Å². The van der Waals surface area contributed by atoms with Gasteiger partial charge in [0.1, 0.15) is 0 Å². The minimum Gasteiger partial charge on any atom is -0.307 e. The number of anilines is 2. The minimum absolute atomic E-state index is 0.00360. The normalized spacial score (nSPS) is 10.3. The zero-order valence-electron chi connectivity index (χ0n) is 12.2. The van der Waals surface area contributed by atoms with Crippen molar-refractivity contribution in [1.82, 2.24) is 20.3 Å². The summed E-state index contributed by atoms with van der Waals surface area (Å²) < 4.78 is 4.42. The molecule has 0 aromatic carbocycles. The molecule has 23 heavy (non-hydrogen) atoms. The molecule has 122 valence electrons. The summed E-state index contributed by atoms with van der Waals surface area (Å²) in [6.07, 6.45) is 1.94. The van der Waals surface area contributed by atoms with E-state index in [1.165, 1.54) is 6.07 Å². The van der Waals surface area contributed by atoms with E-state index in [1.807, 2.05) is 6.92 Å². The number of nitrogens with zero attached hydrogens (tertiary/aromatic N) is 3. The lowest BCUT2D eigenvalue weighted by molar-refractivity contribution is -0.114. The van der Waals surface area contributed by atoms with Crippen molar-refractivity contribution in [1.29, 1.82) is 0 Å². The monoisotopic (exact) mass is 338 g/mol. The average Bonchev–Trinajstić information content (AvgIpc) is 2.92. The number of thioether (sulfide) groups is 1. The highest BCUT2D eigenvalue weighted by Crippen LogP contribution is 2.16. The quantitative estimate of drug-likeness (QED) is 0.357. The van der Waals surface area contributed by atoms with Crippen molar-refractivity contribution >= 4 is 35.7 Å². The number of carbonyl (C=O) groups excluding carboxylic acids is 2. The summed E-state index contributed by atoms with van der Waals surface area (Å²) in [6, 6.07) is 1.44. The van der Waals surface area contributed by atoms with Crippen LogP contribution in [0.2, 0.25) is 0 Å². The van der Waals surface area contributed by atoms with Gasteiger partial charge in [0.15, 0.2) is 5.16 Å². The molecule has 0 aliphatic heterocycles. The van der Waals surface area contributed by atoms with Crippen molar-refractivity contribution in [3.63, 3.8) is 0 Å². The van der Waals surface area contributed by atoms with Crippen molar-refractivity contribution in [2.24, 2.45) is 0 Å². The highest BCUT2D eigenvalue weighted by atomic mass is 32.2. The van der Waals surface area contributed by atoms with Gasteiger partial charge in [-0.15, -0.1) is 0 Å². The van der Waals surface area contributed by atoms with Gasteiger partial charge in [0, 0.05) is 11.8 Å². The number of carbonyl (C=O) groups is 2. The number of hydrogen-bond acceptors (Lipinski definition) is 8. The lowest BCUT2D eigenvalue weighted by Gasteiger charge is -2.04. The average molecular weight is 338 g/mol. The summed E-state index contributed by atoms with van der Waals surface area (Å²) in [7, 11) is 0. The first-order chi connectivity index (χ1) is 11.1. The second-order valence-electron chi connectivity index (χ2n) is 4.35. The SMILES string of the molecule is CCCc1cc(=O)[nH]c(SCC(=O)Nc2nonc2NC=O)n1. The Labute approximate surface area is 134 Å². The maximum absolute atomic E-state index is 11.9. The summed E-state index contributed by atoms with van der Waals surface area (Å²) in [5, 5.41) is 11.9. The summed E-state index contributed by atoms with van der Waals surface area (Å²) >= 11 is 1.08. The summed E-state index contributed by atoms with van der Waals surface area (Å²) in [6.45, 7) is 1.99. The molecular formula is C12H14N6O4S. The number of amides is 2. The van der Waals surface area contributed by atoms with Crippen LogP contribution in [0.15, 0.2) is 20.6 Å². The molecule has 2 aromatic heterocycles. The van der Waals surface area contributed by atoms with Crippen LogP contribution >= 0.6 is 11.8 Å². The Morgan fingerprint density at radius 2 is 2.22 bits per heavy atom. The fourth-order valence-corrected chi connectivity index (χ4v) is 2.35. The van der Waals surface area contributed by atoms with Gasteiger partial charge in [-0.3, -0.25) is 14.4 Å². The summed E-state index contributed by atoms with van der Waals surface area (Å²) in [5.74, 6) is -0.409. The van der Waals surface area contributed by atoms with Crippen molar-refractivity contribution in [3.8, 4) is 0 Å². The van der Waals surface area contributed by atoms with Crippen molar-refractivity contribution in [3.05, 3.63) is 22.1 Å². The second-order valence-corrected chi connectivity index (χ2v) is 5.32. The van der Waals surface area contributed by atoms with Gasteiger partial charge in [0.25, 0.3) is 5.56 Å². The molecule has 0 saturated carbocycles. The third-order valence-electron chi connectivity index (χ3n) is 2.56. The van der Waals surface area contributed by atoms with E-state index < -0.39 is 5.91 Å². The summed E-state index contributed by atoms with van der Waals surface area (Å²) in [4.78, 5) is 40.6. The first kappa shape index (κ1) is 16.7. The number of nitrogens with one attached hydrogen (secondary N) is 3. The first-order valence-electron chi connectivity index (χ1n) is 6.68. The molecule has 2 amide bonds. The lowest BCUT2D eigenvalue weighted by atomic mass is 10.2. The molecule has 3 N–H and O–H groups in total. The number of aromatic amines is 1. The molecule has 2 rings (SSSR count). The van der Waals surface area contributed by atoms with Crippen molar-refractivity contribution in [2.75, 3.05) is 16.4 Å². The summed E-state index contributed by atoms with van der Waals surface area (Å²) in [5.41, 5.74) is 0.418. The maximum Gasteiger partial charge on any atom is 0.251 e. The molecule has 0 spiro atoms. The molecule has 2 aromatic rings. The fraction of sp³-hybridized carbons (Fsp3) is 0.333. The number of aromatic nitrogens is 4. The van der Waals surface area contributed by atoms with E-state index in [1.54, 1.807) is 0 Å². The van der Waals surface area contributed by atoms with Crippen LogP contribution in [-0.2, 0) is 16.0 Å². The standard InChI is InChI=1S/C12H14N6O4S/c1-2-3-7-4-8(20)16-12(14-7)23-5-9(21)15-11-10(13-6-19)17-22-18-11/h4,6H,2-3,5H2,1H3,(H,13,17,19)(H,14,16,20)(H,15,18,21). The molecule has 0 fully saturated rings. The molecule has 0 atom stereocenters. The van der Waals surface area contributed by atoms with Gasteiger partial charge in [-0.2, -0.15) is 0 Å². The molecular weight excluding hydrogens is 324 g/mol. The second kappa shape index (κ2) is 8.08. The molecule has 0 unspecified atom stereocenters. The zero-order valence-corrected chi connectivity index (χ0v) is 13.0. The van der Waals surface area contributed by atoms with Crippen molar-refractivity contribution < 1.29 is 14.2 Å². The van der Waals surface area contributed by atoms with E-state index in [4.69, 9.17) is 0 Å². The van der Waals surface area contributed by atoms with E-state index in [2.05, 4.69) is 35.5 Å². The Hall–Kier alpha value is -2.69. The Bertz CT molecular complexity index is 743. The molecule has 0 saturated heterocycles. The Balaban J connectivity index is 1.95. The fourth-order valence-electron chi connectivity index (χ4n) is 1.66. The van der Waals surface area contributed by atoms with Crippen LogP contribution in [0.5, 0.6) is 0 Å². The maximum atomic E-state index is 11.9. The van der Waals surface area contributed by atoms with Gasteiger partial charge < -0.3 is 15.6 Å². The van der Waals surface area contributed by atoms with Crippen LogP contribution in [0.1, 0.15) is 19.0 Å². The van der Waals surface area contributed by atoms with Gasteiger partial charge in [0.2, 0.25) is 24.0 Å². The van der Waals surface area contributed by atoms with Gasteiger partial charge >= 0.3 is 0 Å². The van der Waals surface area contributed by atoms with Gasteiger partial charge in [0.05, 0.1) is 5.75 Å². The van der Waals surface area contributed by atoms with Crippen LogP contribution < -0.4 is 16.2 Å². The van der Waals surface area contributed by atoms with E-state index >= 15 is 0 Å². The van der Waals surface area contributed by atoms with Gasteiger partial charge in [-0.1, -0.05) is 25.1 Å². The van der Waals surface area contributed by atoms with E-state index in [0.29, 0.717) is 23.7 Å². The zero-order chi connectivity index (χ0) is 16.7. The molecule has 11 heteroatoms. The smallest absolute Gasteiger partial charge is 0.251 e. The van der Waals surface area contributed by atoms with E-state index in [9.17, 15) is 14.4 Å². The number of H-pyrrole nitrogens is 1. The number of aryl methyl sites for hydroxylation is 1. The van der Waals surface area contributed by atoms with Crippen molar-refractivity contribution in [2.45, 2.75) is 24.9 Å². The topological polar surface area (TPSA) is 143 Å². The van der Waals surface area contributed by atoms with Gasteiger partial charge in [-0.25, -0.2) is 9.61 Å². The predicted molar refractivity (Wildman–Crippen MR) is 82.2 cm³/mol. The Kier molecular flexibility index (Phi) is 5.86. The minimum atomic E-state index is -0.414. The highest BCUT2D eigenvalue weighted by Gasteiger charge is 2.13. The van der Waals surface area contributed by atoms with Crippen LogP contribution in [0.4, 0.5) is 11.6 Å². The lowest BCUT2D eigenvalue weighted by Crippen LogP contribution is -2.17. The van der Waals surface area contributed by atoms with Crippen LogP contribution in [0.25, 0.3) is 0 Å². The third kappa shape index (κ3) is 4.92. The molecule has 0 aliphatic carbocycles. The largest absolute Gasteiger partial charge is 0.307 e. The first-order valence-corrected chi connectivity index (χ1v) is 7.66. The molecule has 0 radical (unpaired) electrons. The number of hydrogen-bond donors (Lipinski definition) is 3. The molecule has 0 aliphatic rings. The third-order valence-corrected chi connectivity index (χ3v) is 3.43. The van der Waals surface area contributed by atoms with Gasteiger partial charge in [-0.05, 0) is 16.7 Å². The van der Waals surface area contributed by atoms with Crippen LogP contribution in [0, 0.1) is 0 Å². The Morgan fingerprint density at radius 3 is 2.96 bits per heavy atom. The predicted octanol–water partition coefficient (Wildman–Crippen LogP) is 0.404. The van der Waals surface area contributed by atoms with Crippen LogP contribution in [0.3, 0.4) is 0 Å².